The smallest absolute Gasteiger partial charge is 0.321 e. The number of amides is 2. The van der Waals surface area contributed by atoms with Crippen molar-refractivity contribution >= 4 is 6.03 Å². The summed E-state index contributed by atoms with van der Waals surface area (Å²) in [5.41, 5.74) is 0. The van der Waals surface area contributed by atoms with Crippen LogP contribution >= 0.6 is 0 Å². The van der Waals surface area contributed by atoms with Gasteiger partial charge in [0.25, 0.3) is 0 Å². The van der Waals surface area contributed by atoms with E-state index in [0.717, 1.165) is 19.5 Å². The topological polar surface area (TPSA) is 32.3 Å². The molecule has 3 heteroatoms. The van der Waals surface area contributed by atoms with E-state index in [9.17, 15) is 4.79 Å². The normalized spacial score (nSPS) is 16.2. The van der Waals surface area contributed by atoms with Crippen molar-refractivity contribution in [1.29, 1.82) is 0 Å². The van der Waals surface area contributed by atoms with Crippen molar-refractivity contribution in [2.75, 3.05) is 13.1 Å². The van der Waals surface area contributed by atoms with Crippen molar-refractivity contribution in [1.82, 2.24) is 10.2 Å². The molecule has 2 amide bonds. The maximum atomic E-state index is 10.8. The highest BCUT2D eigenvalue weighted by Gasteiger charge is 2.18. The minimum atomic E-state index is -0.0312. The van der Waals surface area contributed by atoms with Crippen LogP contribution in [0.1, 0.15) is 6.42 Å². The Morgan fingerprint density at radius 2 is 2.33 bits per heavy atom. The Hall–Kier alpha value is -0.990. The van der Waals surface area contributed by atoms with E-state index in [1.807, 2.05) is 0 Å². The number of nitrogens with zero attached hydrogens (tertiary/aromatic N) is 1. The van der Waals surface area contributed by atoms with Gasteiger partial charge in [0.1, 0.15) is 0 Å². The van der Waals surface area contributed by atoms with Crippen LogP contribution in [0.4, 0.5) is 4.79 Å². The number of hydrogen-bond donors (Lipinski definition) is 1. The first-order valence-electron chi connectivity index (χ1n) is 3.01. The molecule has 0 bridgehead atoms. The van der Waals surface area contributed by atoms with Gasteiger partial charge in [0.05, 0.1) is 0 Å². The second-order valence-corrected chi connectivity index (χ2v) is 1.99. The van der Waals surface area contributed by atoms with Crippen LogP contribution in [0.25, 0.3) is 0 Å². The molecule has 9 heavy (non-hydrogen) atoms. The minimum Gasteiger partial charge on any atom is -0.324 e. The summed E-state index contributed by atoms with van der Waals surface area (Å²) in [7, 11) is 0. The van der Waals surface area contributed by atoms with Crippen LogP contribution in [0.5, 0.6) is 0 Å². The minimum absolute atomic E-state index is 0.0312. The largest absolute Gasteiger partial charge is 0.324 e. The Kier molecular flexibility index (Phi) is 1.72. The van der Waals surface area contributed by atoms with Crippen LogP contribution in [0.15, 0.2) is 12.8 Å². The maximum Gasteiger partial charge on any atom is 0.321 e. The van der Waals surface area contributed by atoms with Gasteiger partial charge in [0.15, 0.2) is 0 Å². The first kappa shape index (κ1) is 6.13. The molecule has 1 heterocycles. The van der Waals surface area contributed by atoms with E-state index in [2.05, 4.69) is 11.9 Å². The van der Waals surface area contributed by atoms with Gasteiger partial charge in [0.2, 0.25) is 0 Å². The van der Waals surface area contributed by atoms with Crippen LogP contribution < -0.4 is 5.32 Å². The standard InChI is InChI=1S/C6H10N2O/c1-2-7-6(9)8-4-3-5-8/h2H,1,3-5H2,(H,7,9). The van der Waals surface area contributed by atoms with Crippen LogP contribution in [-0.2, 0) is 0 Å². The highest BCUT2D eigenvalue weighted by atomic mass is 16.2. The molecule has 0 unspecified atom stereocenters. The molecule has 0 aromatic carbocycles. The van der Waals surface area contributed by atoms with Crippen LogP contribution in [0, 0.1) is 0 Å². The lowest BCUT2D eigenvalue weighted by molar-refractivity contribution is 0.171. The lowest BCUT2D eigenvalue weighted by Crippen LogP contribution is -2.46. The van der Waals surface area contributed by atoms with Gasteiger partial charge in [-0.2, -0.15) is 0 Å². The summed E-state index contributed by atoms with van der Waals surface area (Å²) in [5.74, 6) is 0. The average molecular weight is 126 g/mol. The second kappa shape index (κ2) is 2.53. The molecule has 1 N–H and O–H groups in total. The first-order valence-corrected chi connectivity index (χ1v) is 3.01. The molecule has 0 saturated carbocycles. The highest BCUT2D eigenvalue weighted by molar-refractivity contribution is 5.75. The van der Waals surface area contributed by atoms with Gasteiger partial charge in [-0.15, -0.1) is 0 Å². The van der Waals surface area contributed by atoms with Gasteiger partial charge in [-0.25, -0.2) is 4.79 Å². The molecule has 0 aromatic heterocycles. The predicted octanol–water partition coefficient (Wildman–Crippen LogP) is 0.545. The zero-order valence-corrected chi connectivity index (χ0v) is 5.26. The SMILES string of the molecule is C=CNC(=O)N1CCC1. The van der Waals surface area contributed by atoms with Crippen molar-refractivity contribution in [2.24, 2.45) is 0 Å². The van der Waals surface area contributed by atoms with Crippen LogP contribution in [-0.4, -0.2) is 24.0 Å². The van der Waals surface area contributed by atoms with Crippen molar-refractivity contribution in [3.8, 4) is 0 Å². The molecule has 0 atom stereocenters. The molecule has 50 valence electrons. The monoisotopic (exact) mass is 126 g/mol. The third kappa shape index (κ3) is 1.22. The summed E-state index contributed by atoms with van der Waals surface area (Å²) in [4.78, 5) is 12.5. The van der Waals surface area contributed by atoms with E-state index in [4.69, 9.17) is 0 Å². The number of likely N-dealkylation sites (tertiary alicyclic amines) is 1. The van der Waals surface area contributed by atoms with E-state index in [-0.39, 0.29) is 6.03 Å². The number of hydrogen-bond acceptors (Lipinski definition) is 1. The van der Waals surface area contributed by atoms with Crippen LogP contribution in [0.2, 0.25) is 0 Å². The lowest BCUT2D eigenvalue weighted by Gasteiger charge is -2.30. The number of carbonyl (C=O) groups is 1. The maximum absolute atomic E-state index is 10.8. The molecule has 1 aliphatic rings. The van der Waals surface area contributed by atoms with Gasteiger partial charge in [-0.3, -0.25) is 0 Å². The zero-order chi connectivity index (χ0) is 6.69. The summed E-state index contributed by atoms with van der Waals surface area (Å²) in [6, 6.07) is -0.0312. The molecular formula is C6H10N2O. The molecule has 0 aliphatic carbocycles. The highest BCUT2D eigenvalue weighted by Crippen LogP contribution is 2.04. The molecule has 0 aromatic rings. The summed E-state index contributed by atoms with van der Waals surface area (Å²) in [5, 5.41) is 2.50. The third-order valence-corrected chi connectivity index (χ3v) is 1.37. The van der Waals surface area contributed by atoms with E-state index in [1.54, 1.807) is 4.90 Å². The number of rotatable bonds is 1. The fourth-order valence-electron chi connectivity index (χ4n) is 0.698. The van der Waals surface area contributed by atoms with Gasteiger partial charge >= 0.3 is 6.03 Å². The predicted molar refractivity (Wildman–Crippen MR) is 34.9 cm³/mol. The second-order valence-electron chi connectivity index (χ2n) is 1.99. The number of carbonyl (C=O) groups excluding carboxylic acids is 1. The molecular weight excluding hydrogens is 116 g/mol. The molecule has 1 fully saturated rings. The van der Waals surface area contributed by atoms with Crippen molar-refractivity contribution < 1.29 is 4.79 Å². The van der Waals surface area contributed by atoms with Crippen molar-refractivity contribution in [3.63, 3.8) is 0 Å². The summed E-state index contributed by atoms with van der Waals surface area (Å²) < 4.78 is 0. The van der Waals surface area contributed by atoms with Gasteiger partial charge in [0, 0.05) is 13.1 Å². The van der Waals surface area contributed by atoms with Crippen LogP contribution in [0.3, 0.4) is 0 Å². The Morgan fingerprint density at radius 1 is 1.67 bits per heavy atom. The van der Waals surface area contributed by atoms with Crippen molar-refractivity contribution in [2.45, 2.75) is 6.42 Å². The molecule has 1 saturated heterocycles. The Labute approximate surface area is 54.3 Å². The van der Waals surface area contributed by atoms with Gasteiger partial charge in [-0.1, -0.05) is 6.58 Å². The van der Waals surface area contributed by atoms with Gasteiger partial charge in [-0.05, 0) is 12.6 Å². The molecule has 0 spiro atoms. The Morgan fingerprint density at radius 3 is 2.67 bits per heavy atom. The molecule has 0 radical (unpaired) electrons. The first-order chi connectivity index (χ1) is 4.34. The van der Waals surface area contributed by atoms with E-state index < -0.39 is 0 Å². The number of nitrogens with one attached hydrogen (secondary N) is 1. The molecule has 3 nitrogen and oxygen atoms in total. The van der Waals surface area contributed by atoms with E-state index >= 15 is 0 Å². The van der Waals surface area contributed by atoms with Gasteiger partial charge < -0.3 is 10.2 Å². The summed E-state index contributed by atoms with van der Waals surface area (Å²) >= 11 is 0. The zero-order valence-electron chi connectivity index (χ0n) is 5.26. The Balaban J connectivity index is 2.23. The fourth-order valence-corrected chi connectivity index (χ4v) is 0.698. The Bertz CT molecular complexity index is 129. The summed E-state index contributed by atoms with van der Waals surface area (Å²) in [6.45, 7) is 5.16. The number of urea groups is 1. The molecule has 1 rings (SSSR count). The summed E-state index contributed by atoms with van der Waals surface area (Å²) in [6.07, 6.45) is 2.53. The van der Waals surface area contributed by atoms with E-state index in [1.165, 1.54) is 6.20 Å². The van der Waals surface area contributed by atoms with E-state index in [0.29, 0.717) is 0 Å². The molecule has 1 aliphatic heterocycles. The average Bonchev–Trinajstić information content (AvgIpc) is 1.60. The fraction of sp³-hybridized carbons (Fsp3) is 0.500. The van der Waals surface area contributed by atoms with Crippen molar-refractivity contribution in [3.05, 3.63) is 12.8 Å². The quantitative estimate of drug-likeness (QED) is 0.546. The third-order valence-electron chi connectivity index (χ3n) is 1.37. The lowest BCUT2D eigenvalue weighted by atomic mass is 10.2.